The van der Waals surface area contributed by atoms with Gasteiger partial charge in [-0.15, -0.1) is 10.3 Å². The number of para-hydroxylation sites is 2. The van der Waals surface area contributed by atoms with Gasteiger partial charge >= 0.3 is 12.2 Å². The molecule has 10 nitrogen and oxygen atoms in total. The molecule has 2 heterocycles. The number of pyridine rings is 1. The minimum atomic E-state index is -0.831. The van der Waals surface area contributed by atoms with Crippen molar-refractivity contribution in [2.75, 3.05) is 31.3 Å². The maximum atomic E-state index is 12.1. The van der Waals surface area contributed by atoms with Crippen LogP contribution in [0.2, 0.25) is 0 Å². The molecule has 28 heavy (non-hydrogen) atoms. The predicted molar refractivity (Wildman–Crippen MR) is 102 cm³/mol. The largest absolute Gasteiger partial charge is 0.534 e. The van der Waals surface area contributed by atoms with E-state index in [1.807, 2.05) is 24.3 Å². The maximum absolute atomic E-state index is 12.1. The summed E-state index contributed by atoms with van der Waals surface area (Å²) >= 11 is 0. The van der Waals surface area contributed by atoms with Gasteiger partial charge < -0.3 is 14.8 Å². The van der Waals surface area contributed by atoms with Gasteiger partial charge in [0, 0.05) is 39.9 Å². The lowest BCUT2D eigenvalue weighted by Gasteiger charge is -2.22. The summed E-state index contributed by atoms with van der Waals surface area (Å²) in [7, 11) is 3.20. The van der Waals surface area contributed by atoms with E-state index in [9.17, 15) is 9.59 Å². The van der Waals surface area contributed by atoms with E-state index in [1.54, 1.807) is 25.5 Å². The van der Waals surface area contributed by atoms with E-state index >= 15 is 0 Å². The molecule has 1 aliphatic rings. The Morgan fingerprint density at radius 1 is 1.21 bits per heavy atom. The van der Waals surface area contributed by atoms with Crippen LogP contribution in [0, 0.1) is 0 Å². The zero-order valence-corrected chi connectivity index (χ0v) is 15.5. The van der Waals surface area contributed by atoms with Gasteiger partial charge in [-0.1, -0.05) is 12.1 Å². The Hall–Kier alpha value is -3.53. The second-order valence-corrected chi connectivity index (χ2v) is 5.84. The van der Waals surface area contributed by atoms with Crippen molar-refractivity contribution in [3.05, 3.63) is 53.9 Å². The Labute approximate surface area is 163 Å². The predicted octanol–water partition coefficient (Wildman–Crippen LogP) is 2.49. The molecule has 0 atom stereocenters. The Morgan fingerprint density at radius 2 is 2.04 bits per heavy atom. The van der Waals surface area contributed by atoms with Crippen molar-refractivity contribution in [2.24, 2.45) is 0 Å². The maximum Gasteiger partial charge on any atom is 0.534 e. The van der Waals surface area contributed by atoms with E-state index in [2.05, 4.69) is 15.7 Å². The average molecular weight is 389 g/mol. The molecule has 0 saturated carbocycles. The number of fused-ring (bicyclic) bond motifs is 1. The van der Waals surface area contributed by atoms with Gasteiger partial charge in [-0.3, -0.25) is 15.2 Å². The molecule has 1 aromatic carbocycles. The normalized spacial score (nSPS) is 12.7. The van der Waals surface area contributed by atoms with Crippen LogP contribution in [-0.2, 0) is 27.3 Å². The van der Waals surface area contributed by atoms with Crippen molar-refractivity contribution >= 4 is 23.6 Å². The third kappa shape index (κ3) is 4.60. The number of nitrogens with one attached hydrogen (secondary N) is 2. The Morgan fingerprint density at radius 3 is 2.86 bits per heavy atom. The Bertz CT molecular complexity index is 853. The fourth-order valence-corrected chi connectivity index (χ4v) is 2.61. The van der Waals surface area contributed by atoms with Crippen LogP contribution in [0.4, 0.5) is 21.0 Å². The number of amides is 1. The van der Waals surface area contributed by atoms with Crippen molar-refractivity contribution in [1.82, 2.24) is 15.4 Å². The number of carbonyl (C=O) groups is 2. The highest BCUT2D eigenvalue weighted by atomic mass is 16.8. The minimum absolute atomic E-state index is 0. The molecule has 0 fully saturated rings. The van der Waals surface area contributed by atoms with Crippen molar-refractivity contribution in [3.63, 3.8) is 0 Å². The fourth-order valence-electron chi connectivity index (χ4n) is 2.61. The van der Waals surface area contributed by atoms with Crippen LogP contribution in [-0.4, -0.2) is 43.1 Å². The summed E-state index contributed by atoms with van der Waals surface area (Å²) in [4.78, 5) is 32.6. The second-order valence-electron chi connectivity index (χ2n) is 5.84. The number of hydrogen-bond acceptors (Lipinski definition) is 9. The van der Waals surface area contributed by atoms with E-state index < -0.39 is 12.2 Å². The number of anilines is 2. The minimum Gasteiger partial charge on any atom is -0.445 e. The number of aromatic nitrogens is 1. The van der Waals surface area contributed by atoms with Gasteiger partial charge in [0.05, 0.1) is 12.3 Å². The van der Waals surface area contributed by atoms with Crippen molar-refractivity contribution < 1.29 is 25.3 Å². The van der Waals surface area contributed by atoms with Crippen LogP contribution in [0.15, 0.2) is 42.7 Å². The summed E-state index contributed by atoms with van der Waals surface area (Å²) in [6.07, 6.45) is 2.30. The lowest BCUT2D eigenvalue weighted by molar-refractivity contribution is 0.0109. The van der Waals surface area contributed by atoms with E-state index in [1.165, 1.54) is 17.3 Å². The molecule has 0 radical (unpaired) electrons. The van der Waals surface area contributed by atoms with Gasteiger partial charge in [0.25, 0.3) is 0 Å². The molecule has 2 aromatic rings. The number of nitrogens with zero attached hydrogens (tertiary/aromatic N) is 3. The van der Waals surface area contributed by atoms with Crippen molar-refractivity contribution in [2.45, 2.75) is 13.0 Å². The molecule has 0 saturated heterocycles. The van der Waals surface area contributed by atoms with Gasteiger partial charge in [-0.25, -0.2) is 9.59 Å². The van der Waals surface area contributed by atoms with Crippen LogP contribution in [0.25, 0.3) is 0 Å². The molecule has 0 bridgehead atoms. The smallest absolute Gasteiger partial charge is 0.445 e. The van der Waals surface area contributed by atoms with Gasteiger partial charge in [0.15, 0.2) is 0 Å². The van der Waals surface area contributed by atoms with Crippen LogP contribution in [0.1, 0.15) is 12.6 Å². The van der Waals surface area contributed by atoms with Crippen LogP contribution < -0.4 is 15.9 Å². The number of hydrazine groups is 2. The molecule has 1 aromatic heterocycles. The molecule has 150 valence electrons. The molecular weight excluding hydrogens is 366 g/mol. The van der Waals surface area contributed by atoms with Crippen molar-refractivity contribution in [3.8, 4) is 0 Å². The number of hydrogen-bond donors (Lipinski definition) is 2. The first-order valence-corrected chi connectivity index (χ1v) is 8.59. The summed E-state index contributed by atoms with van der Waals surface area (Å²) in [5.41, 5.74) is 6.15. The molecule has 0 unspecified atom stereocenters. The lowest BCUT2D eigenvalue weighted by Crippen LogP contribution is -2.40. The summed E-state index contributed by atoms with van der Waals surface area (Å²) in [5.74, 6) is 0. The summed E-state index contributed by atoms with van der Waals surface area (Å²) < 4.78 is 10.2. The number of alkyl carbamates (subject to hydrolysis) is 1. The zero-order chi connectivity index (χ0) is 19.9. The molecule has 10 heteroatoms. The lowest BCUT2D eigenvalue weighted by atomic mass is 10.1. The molecule has 2 N–H and O–H groups in total. The highest BCUT2D eigenvalue weighted by Crippen LogP contribution is 2.32. The van der Waals surface area contributed by atoms with E-state index in [0.29, 0.717) is 12.1 Å². The Kier molecular flexibility index (Phi) is 6.12. The molecule has 0 aliphatic carbocycles. The summed E-state index contributed by atoms with van der Waals surface area (Å²) in [6.45, 7) is 0.177. The van der Waals surface area contributed by atoms with Crippen LogP contribution >= 0.6 is 0 Å². The quantitative estimate of drug-likeness (QED) is 0.721. The van der Waals surface area contributed by atoms with E-state index in [-0.39, 0.29) is 14.6 Å². The topological polar surface area (TPSA) is 105 Å². The number of ether oxygens (including phenoxy) is 2. The van der Waals surface area contributed by atoms with Crippen molar-refractivity contribution in [1.29, 1.82) is 0 Å². The van der Waals surface area contributed by atoms with Gasteiger partial charge in [-0.05, 0) is 23.8 Å². The third-order valence-corrected chi connectivity index (χ3v) is 3.98. The number of rotatable bonds is 6. The standard InChI is InChI=1S/C18H21N5O5.H2/c1-19-17(24)27-12-14-11-20-9-7-13(14)8-10-26-18(25)28-23-16-6-4-3-5-15(16)21-22(23)2;/h3-7,9,11,21H,8,10,12H2,1-2H3,(H,19,24);1H. The van der Waals surface area contributed by atoms with E-state index in [0.717, 1.165) is 16.8 Å². The van der Waals surface area contributed by atoms with Gasteiger partial charge in [-0.2, -0.15) is 0 Å². The highest BCUT2D eigenvalue weighted by molar-refractivity contribution is 5.73. The van der Waals surface area contributed by atoms with Crippen LogP contribution in [0.5, 0.6) is 0 Å². The molecule has 3 rings (SSSR count). The monoisotopic (exact) mass is 389 g/mol. The third-order valence-electron chi connectivity index (χ3n) is 3.98. The first kappa shape index (κ1) is 19.2. The second kappa shape index (κ2) is 8.91. The number of carbonyl (C=O) groups excluding carboxylic acids is 2. The van der Waals surface area contributed by atoms with Gasteiger partial charge in [0.1, 0.15) is 12.3 Å². The SMILES string of the molecule is CNC(=O)OCc1cnccc1CCOC(=O)ON1c2ccccc2NN1C.[HH]. The molecule has 0 spiro atoms. The molecule has 1 aliphatic heterocycles. The average Bonchev–Trinajstić information content (AvgIpc) is 3.02. The fraction of sp³-hybridized carbons (Fsp3) is 0.278. The Balaban J connectivity index is 0.00000300. The summed E-state index contributed by atoms with van der Waals surface area (Å²) in [5, 5.41) is 5.22. The van der Waals surface area contributed by atoms with Gasteiger partial charge in [0.2, 0.25) is 0 Å². The number of benzene rings is 1. The van der Waals surface area contributed by atoms with E-state index in [4.69, 9.17) is 14.3 Å². The first-order chi connectivity index (χ1) is 13.6. The summed E-state index contributed by atoms with van der Waals surface area (Å²) in [6, 6.07) is 9.18. The zero-order valence-electron chi connectivity index (χ0n) is 15.5. The molecule has 1 amide bonds. The van der Waals surface area contributed by atoms with Crippen LogP contribution in [0.3, 0.4) is 0 Å². The molecular formula is C18H23N5O5. The first-order valence-electron chi connectivity index (χ1n) is 8.59. The highest BCUT2D eigenvalue weighted by Gasteiger charge is 2.27.